The molecule has 0 saturated carbocycles. The molecule has 2 atom stereocenters. The van der Waals surface area contributed by atoms with Gasteiger partial charge in [-0.05, 0) is 6.42 Å². The second-order valence-electron chi connectivity index (χ2n) is 6.09. The predicted octanol–water partition coefficient (Wildman–Crippen LogP) is -0.465. The number of rotatable bonds is 3. The molecule has 3 heterocycles. The minimum Gasteiger partial charge on any atom is -0.360 e. The van der Waals surface area contributed by atoms with E-state index in [4.69, 9.17) is 0 Å². The molecule has 1 aromatic heterocycles. The van der Waals surface area contributed by atoms with Gasteiger partial charge in [-0.25, -0.2) is 9.37 Å². The summed E-state index contributed by atoms with van der Waals surface area (Å²) in [6, 6.07) is -0.576. The molecule has 3 rings (SSSR count). The second kappa shape index (κ2) is 5.64. The number of likely N-dealkylation sites (N-methyl/N-ethyl adjacent to an activating group) is 1. The van der Waals surface area contributed by atoms with Gasteiger partial charge in [-0.3, -0.25) is 9.59 Å². The van der Waals surface area contributed by atoms with Crippen molar-refractivity contribution in [1.82, 2.24) is 19.8 Å². The summed E-state index contributed by atoms with van der Waals surface area (Å²) in [6.45, 7) is 0.529. The highest BCUT2D eigenvalue weighted by molar-refractivity contribution is 5.95. The summed E-state index contributed by atoms with van der Waals surface area (Å²) in [4.78, 5) is 36.9. The number of carbonyl (C=O) groups excluding carboxylic acids is 2. The van der Waals surface area contributed by atoms with Crippen LogP contribution in [-0.4, -0.2) is 77.9 Å². The van der Waals surface area contributed by atoms with Crippen molar-refractivity contribution in [2.24, 2.45) is 0 Å². The van der Waals surface area contributed by atoms with Gasteiger partial charge in [0, 0.05) is 33.7 Å². The summed E-state index contributed by atoms with van der Waals surface area (Å²) in [5, 5.41) is 3.10. The summed E-state index contributed by atoms with van der Waals surface area (Å²) >= 11 is 0. The van der Waals surface area contributed by atoms with E-state index < -0.39 is 11.9 Å². The molecule has 1 aromatic rings. The minimum atomic E-state index is -0.503. The molecule has 0 unspecified atom stereocenters. The maximum atomic E-state index is 13.6. The van der Waals surface area contributed by atoms with Crippen LogP contribution in [-0.2, 0) is 9.59 Å². The van der Waals surface area contributed by atoms with Crippen LogP contribution in [0.3, 0.4) is 0 Å². The monoisotopic (exact) mass is 322 g/mol. The Kier molecular flexibility index (Phi) is 3.78. The molecule has 2 amide bonds. The van der Waals surface area contributed by atoms with Gasteiger partial charge in [0.05, 0.1) is 12.7 Å². The van der Waals surface area contributed by atoms with Crippen molar-refractivity contribution in [3.05, 3.63) is 12.0 Å². The van der Waals surface area contributed by atoms with Crippen molar-refractivity contribution in [2.45, 2.75) is 18.5 Å². The lowest BCUT2D eigenvalue weighted by Gasteiger charge is -2.33. The Bertz CT molecular complexity index is 652. The zero-order valence-electron chi connectivity index (χ0n) is 13.3. The Morgan fingerprint density at radius 2 is 2.13 bits per heavy atom. The number of carbonyl (C=O) groups is 2. The van der Waals surface area contributed by atoms with Crippen LogP contribution in [0, 0.1) is 5.82 Å². The summed E-state index contributed by atoms with van der Waals surface area (Å²) < 4.78 is 13.6. The van der Waals surface area contributed by atoms with E-state index in [-0.39, 0.29) is 36.2 Å². The number of piperazine rings is 1. The fraction of sp³-hybridized carbons (Fsp3) is 0.571. The lowest BCUT2D eigenvalue weighted by atomic mass is 10.1. The fourth-order valence-electron chi connectivity index (χ4n) is 3.00. The van der Waals surface area contributed by atoms with E-state index in [2.05, 4.69) is 15.3 Å². The first-order valence-corrected chi connectivity index (χ1v) is 7.37. The van der Waals surface area contributed by atoms with Gasteiger partial charge >= 0.3 is 0 Å². The third-order valence-electron chi connectivity index (χ3n) is 4.14. The third kappa shape index (κ3) is 2.78. The molecule has 0 aliphatic carbocycles. The summed E-state index contributed by atoms with van der Waals surface area (Å²) in [5.41, 5.74) is 0. The van der Waals surface area contributed by atoms with Gasteiger partial charge in [-0.2, -0.15) is 4.98 Å². The van der Waals surface area contributed by atoms with E-state index in [1.165, 1.54) is 4.90 Å². The fourth-order valence-corrected chi connectivity index (χ4v) is 3.00. The second-order valence-corrected chi connectivity index (χ2v) is 6.09. The van der Waals surface area contributed by atoms with Gasteiger partial charge in [-0.1, -0.05) is 0 Å². The van der Waals surface area contributed by atoms with Gasteiger partial charge in [0.15, 0.2) is 11.6 Å². The summed E-state index contributed by atoms with van der Waals surface area (Å²) in [7, 11) is 5.02. The van der Waals surface area contributed by atoms with E-state index in [0.29, 0.717) is 13.0 Å². The Balaban J connectivity index is 1.74. The number of nitrogens with zero attached hydrogens (tertiary/aromatic N) is 5. The van der Waals surface area contributed by atoms with Crippen molar-refractivity contribution < 1.29 is 14.0 Å². The molecular weight excluding hydrogens is 303 g/mol. The van der Waals surface area contributed by atoms with Crippen LogP contribution >= 0.6 is 0 Å². The number of halogens is 1. The molecule has 0 radical (unpaired) electrons. The highest BCUT2D eigenvalue weighted by Gasteiger charge is 2.44. The van der Waals surface area contributed by atoms with Crippen molar-refractivity contribution in [3.8, 4) is 0 Å². The first-order chi connectivity index (χ1) is 10.9. The topological polar surface area (TPSA) is 81.7 Å². The zero-order valence-corrected chi connectivity index (χ0v) is 13.3. The summed E-state index contributed by atoms with van der Waals surface area (Å²) in [5.74, 6) is -0.145. The number of hydrogen-bond acceptors (Lipinski definition) is 6. The maximum absolute atomic E-state index is 13.6. The smallest absolute Gasteiger partial charge is 0.245 e. The van der Waals surface area contributed by atoms with E-state index >= 15 is 0 Å². The molecule has 0 spiro atoms. The number of anilines is 2. The average Bonchev–Trinajstić information content (AvgIpc) is 2.91. The van der Waals surface area contributed by atoms with Gasteiger partial charge < -0.3 is 20.0 Å². The quantitative estimate of drug-likeness (QED) is 0.811. The largest absolute Gasteiger partial charge is 0.360 e. The molecule has 124 valence electrons. The number of hydrogen-bond donors (Lipinski definition) is 1. The third-order valence-corrected chi connectivity index (χ3v) is 4.14. The highest BCUT2D eigenvalue weighted by atomic mass is 19.1. The van der Waals surface area contributed by atoms with Gasteiger partial charge in [0.2, 0.25) is 17.8 Å². The summed E-state index contributed by atoms with van der Waals surface area (Å²) in [6.07, 6.45) is 1.60. The predicted molar refractivity (Wildman–Crippen MR) is 81.5 cm³/mol. The molecule has 0 bridgehead atoms. The van der Waals surface area contributed by atoms with E-state index in [1.54, 1.807) is 30.9 Å². The standard InChI is InChI=1S/C14H19FN6O2/c1-19(2)12-9(15)5-16-14(18-12)17-8-4-10-13(23)20(3)7-11(22)21(10)6-8/h5,8,10H,4,6-7H2,1-3H3,(H,16,17,18)/t8-,10-/m0/s1. The highest BCUT2D eigenvalue weighted by Crippen LogP contribution is 2.25. The number of aromatic nitrogens is 2. The molecule has 2 aliphatic heterocycles. The molecule has 8 nitrogen and oxygen atoms in total. The normalized spacial score (nSPS) is 24.0. The Labute approximate surface area is 133 Å². The number of nitrogens with one attached hydrogen (secondary N) is 1. The Morgan fingerprint density at radius 1 is 1.39 bits per heavy atom. The van der Waals surface area contributed by atoms with Crippen molar-refractivity contribution >= 4 is 23.6 Å². The van der Waals surface area contributed by atoms with Crippen LogP contribution in [0.2, 0.25) is 0 Å². The van der Waals surface area contributed by atoms with Crippen LogP contribution in [0.1, 0.15) is 6.42 Å². The van der Waals surface area contributed by atoms with Crippen LogP contribution in [0.4, 0.5) is 16.2 Å². The van der Waals surface area contributed by atoms with Crippen LogP contribution in [0.5, 0.6) is 0 Å². The first-order valence-electron chi connectivity index (χ1n) is 7.37. The van der Waals surface area contributed by atoms with E-state index in [9.17, 15) is 14.0 Å². The van der Waals surface area contributed by atoms with Gasteiger partial charge in [0.1, 0.15) is 6.04 Å². The average molecular weight is 322 g/mol. The molecule has 1 N–H and O–H groups in total. The molecule has 0 aromatic carbocycles. The van der Waals surface area contributed by atoms with E-state index in [1.807, 2.05) is 0 Å². The molecule has 2 saturated heterocycles. The lowest BCUT2D eigenvalue weighted by molar-refractivity contribution is -0.152. The van der Waals surface area contributed by atoms with Crippen LogP contribution in [0.15, 0.2) is 6.20 Å². The van der Waals surface area contributed by atoms with Crippen molar-refractivity contribution in [2.75, 3.05) is 44.4 Å². The van der Waals surface area contributed by atoms with Crippen LogP contribution < -0.4 is 10.2 Å². The van der Waals surface area contributed by atoms with Crippen molar-refractivity contribution in [1.29, 1.82) is 0 Å². The SMILES string of the molecule is CN1CC(=O)N2C[C@@H](Nc3ncc(F)c(N(C)C)n3)C[C@H]2C1=O. The van der Waals surface area contributed by atoms with Crippen LogP contribution in [0.25, 0.3) is 0 Å². The van der Waals surface area contributed by atoms with Gasteiger partial charge in [0.25, 0.3) is 0 Å². The van der Waals surface area contributed by atoms with Crippen molar-refractivity contribution in [3.63, 3.8) is 0 Å². The number of amides is 2. The minimum absolute atomic E-state index is 0.0529. The Morgan fingerprint density at radius 3 is 2.83 bits per heavy atom. The van der Waals surface area contributed by atoms with Gasteiger partial charge in [-0.15, -0.1) is 0 Å². The Hall–Kier alpha value is -2.45. The first kappa shape index (κ1) is 15.4. The molecule has 23 heavy (non-hydrogen) atoms. The maximum Gasteiger partial charge on any atom is 0.245 e. The lowest BCUT2D eigenvalue weighted by Crippen LogP contribution is -2.55. The molecule has 9 heteroatoms. The molecule has 2 fully saturated rings. The molecular formula is C14H19FN6O2. The number of fused-ring (bicyclic) bond motifs is 1. The zero-order chi connectivity index (χ0) is 16.7. The molecule has 2 aliphatic rings. The van der Waals surface area contributed by atoms with E-state index in [0.717, 1.165) is 6.20 Å².